The van der Waals surface area contributed by atoms with Gasteiger partial charge in [0.25, 0.3) is 5.91 Å². The molecule has 5 rings (SSSR count). The van der Waals surface area contributed by atoms with Crippen LogP contribution in [0.1, 0.15) is 30.1 Å². The third kappa shape index (κ3) is 2.99. The maximum atomic E-state index is 13.0. The van der Waals surface area contributed by atoms with E-state index in [0.717, 1.165) is 48.5 Å². The Morgan fingerprint density at radius 1 is 1.17 bits per heavy atom. The number of para-hydroxylation sites is 1. The highest BCUT2D eigenvalue weighted by molar-refractivity contribution is 5.98. The van der Waals surface area contributed by atoms with Gasteiger partial charge in [-0.15, -0.1) is 0 Å². The Kier molecular flexibility index (Phi) is 4.59. The molecule has 2 aromatic carbocycles. The second-order valence-corrected chi connectivity index (χ2v) is 8.18. The Balaban J connectivity index is 1.57. The lowest BCUT2D eigenvalue weighted by molar-refractivity contribution is 0.0709. The Morgan fingerprint density at radius 3 is 2.80 bits per heavy atom. The van der Waals surface area contributed by atoms with Crippen molar-refractivity contribution in [3.05, 3.63) is 54.1 Å². The summed E-state index contributed by atoms with van der Waals surface area (Å²) in [7, 11) is 2.04. The monoisotopic (exact) mass is 401 g/mol. The number of aromatic nitrogens is 3. The van der Waals surface area contributed by atoms with Gasteiger partial charge < -0.3 is 19.8 Å². The van der Waals surface area contributed by atoms with Crippen molar-refractivity contribution in [2.45, 2.75) is 32.4 Å². The van der Waals surface area contributed by atoms with Gasteiger partial charge in [-0.25, -0.2) is 4.98 Å². The van der Waals surface area contributed by atoms with Crippen LogP contribution in [0.25, 0.3) is 33.5 Å². The number of aryl methyl sites for hydroxylation is 2. The highest BCUT2D eigenvalue weighted by atomic mass is 16.2. The van der Waals surface area contributed by atoms with Crippen LogP contribution in [0.2, 0.25) is 0 Å². The summed E-state index contributed by atoms with van der Waals surface area (Å²) in [6, 6.07) is 16.5. The van der Waals surface area contributed by atoms with E-state index in [1.54, 1.807) is 0 Å². The lowest BCUT2D eigenvalue weighted by Gasteiger charge is -2.30. The average Bonchev–Trinajstić information content (AvgIpc) is 3.30. The van der Waals surface area contributed by atoms with Crippen LogP contribution in [0.3, 0.4) is 0 Å². The van der Waals surface area contributed by atoms with E-state index < -0.39 is 0 Å². The quantitative estimate of drug-likeness (QED) is 0.568. The lowest BCUT2D eigenvalue weighted by Crippen LogP contribution is -2.45. The Bertz CT molecular complexity index is 1250. The van der Waals surface area contributed by atoms with Crippen molar-refractivity contribution < 1.29 is 4.79 Å². The minimum absolute atomic E-state index is 0.0434. The van der Waals surface area contributed by atoms with Gasteiger partial charge in [0.2, 0.25) is 0 Å². The summed E-state index contributed by atoms with van der Waals surface area (Å²) in [5, 5.41) is 1.21. The van der Waals surface area contributed by atoms with E-state index in [4.69, 9.17) is 10.7 Å². The Morgan fingerprint density at radius 2 is 2.00 bits per heavy atom. The number of likely N-dealkylation sites (tertiary alicyclic amines) is 1. The van der Waals surface area contributed by atoms with Crippen molar-refractivity contribution in [2.75, 3.05) is 13.1 Å². The number of benzene rings is 2. The number of nitrogens with zero attached hydrogens (tertiary/aromatic N) is 4. The van der Waals surface area contributed by atoms with Crippen LogP contribution in [-0.4, -0.2) is 44.1 Å². The highest BCUT2D eigenvalue weighted by Gasteiger charge is 2.23. The first-order valence-electron chi connectivity index (χ1n) is 10.7. The summed E-state index contributed by atoms with van der Waals surface area (Å²) >= 11 is 0. The van der Waals surface area contributed by atoms with Crippen molar-refractivity contribution in [3.8, 4) is 11.5 Å². The Hall–Kier alpha value is -3.12. The second kappa shape index (κ2) is 7.29. The summed E-state index contributed by atoms with van der Waals surface area (Å²) in [6.07, 6.45) is 1.95. The van der Waals surface area contributed by atoms with Gasteiger partial charge in [0.05, 0.1) is 16.7 Å². The predicted molar refractivity (Wildman–Crippen MR) is 120 cm³/mol. The average molecular weight is 402 g/mol. The maximum Gasteiger partial charge on any atom is 0.253 e. The molecule has 1 unspecified atom stereocenters. The summed E-state index contributed by atoms with van der Waals surface area (Å²) < 4.78 is 4.40. The van der Waals surface area contributed by atoms with Gasteiger partial charge in [-0.2, -0.15) is 0 Å². The number of rotatable bonds is 3. The van der Waals surface area contributed by atoms with Crippen LogP contribution in [0, 0.1) is 0 Å². The number of hydrogen-bond acceptors (Lipinski definition) is 3. The fraction of sp³-hybridized carbons (Fsp3) is 0.333. The zero-order valence-corrected chi connectivity index (χ0v) is 17.5. The SMILES string of the molecule is CCn1c(-c2nc3cc(C(=O)N4CCCC(N)C4)ccc3n2C)cc2ccccc21. The zero-order chi connectivity index (χ0) is 20.8. The Labute approximate surface area is 175 Å². The van der Waals surface area contributed by atoms with E-state index in [1.807, 2.05) is 30.1 Å². The minimum atomic E-state index is 0.0434. The van der Waals surface area contributed by atoms with Crippen molar-refractivity contribution >= 4 is 27.8 Å². The molecule has 0 aliphatic carbocycles. The molecule has 1 amide bonds. The van der Waals surface area contributed by atoms with Crippen LogP contribution in [0.15, 0.2) is 48.5 Å². The summed E-state index contributed by atoms with van der Waals surface area (Å²) in [5.41, 5.74) is 10.9. The largest absolute Gasteiger partial charge is 0.338 e. The first-order chi connectivity index (χ1) is 14.6. The molecule has 1 atom stereocenters. The molecule has 1 aliphatic heterocycles. The zero-order valence-electron chi connectivity index (χ0n) is 17.5. The molecule has 0 saturated carbocycles. The number of hydrogen-bond donors (Lipinski definition) is 1. The smallest absolute Gasteiger partial charge is 0.253 e. The van der Waals surface area contributed by atoms with E-state index in [9.17, 15) is 4.79 Å². The second-order valence-electron chi connectivity index (χ2n) is 8.18. The number of carbonyl (C=O) groups excluding carboxylic acids is 1. The van der Waals surface area contributed by atoms with Gasteiger partial charge >= 0.3 is 0 Å². The van der Waals surface area contributed by atoms with Gasteiger partial charge in [0.1, 0.15) is 0 Å². The molecule has 3 heterocycles. The van der Waals surface area contributed by atoms with Gasteiger partial charge in [-0.05, 0) is 50.1 Å². The predicted octanol–water partition coefficient (Wildman–Crippen LogP) is 3.78. The van der Waals surface area contributed by atoms with Gasteiger partial charge in [-0.1, -0.05) is 18.2 Å². The van der Waals surface area contributed by atoms with E-state index in [0.29, 0.717) is 12.1 Å². The van der Waals surface area contributed by atoms with Crippen LogP contribution in [0.5, 0.6) is 0 Å². The summed E-state index contributed by atoms with van der Waals surface area (Å²) in [6.45, 7) is 4.42. The fourth-order valence-electron chi connectivity index (χ4n) is 4.68. The molecule has 154 valence electrons. The van der Waals surface area contributed by atoms with Crippen molar-refractivity contribution in [2.24, 2.45) is 12.8 Å². The molecule has 6 heteroatoms. The molecule has 6 nitrogen and oxygen atoms in total. The van der Waals surface area contributed by atoms with Gasteiger partial charge in [0.15, 0.2) is 5.82 Å². The van der Waals surface area contributed by atoms with E-state index in [1.165, 1.54) is 10.9 Å². The molecule has 2 aromatic heterocycles. The summed E-state index contributed by atoms with van der Waals surface area (Å²) in [4.78, 5) is 19.8. The number of piperidine rings is 1. The molecule has 2 N–H and O–H groups in total. The first-order valence-corrected chi connectivity index (χ1v) is 10.7. The van der Waals surface area contributed by atoms with Crippen LogP contribution in [-0.2, 0) is 13.6 Å². The van der Waals surface area contributed by atoms with Crippen LogP contribution < -0.4 is 5.73 Å². The number of carbonyl (C=O) groups is 1. The molecule has 1 saturated heterocycles. The normalized spacial score (nSPS) is 17.2. The molecule has 1 fully saturated rings. The highest BCUT2D eigenvalue weighted by Crippen LogP contribution is 2.30. The molecule has 0 bridgehead atoms. The number of amides is 1. The molecule has 0 spiro atoms. The maximum absolute atomic E-state index is 13.0. The van der Waals surface area contributed by atoms with E-state index in [2.05, 4.69) is 46.4 Å². The van der Waals surface area contributed by atoms with Crippen LogP contribution >= 0.6 is 0 Å². The molecular weight excluding hydrogens is 374 g/mol. The van der Waals surface area contributed by atoms with Crippen LogP contribution in [0.4, 0.5) is 0 Å². The van der Waals surface area contributed by atoms with Crippen molar-refractivity contribution in [1.29, 1.82) is 0 Å². The van der Waals surface area contributed by atoms with Gasteiger partial charge in [0, 0.05) is 49.2 Å². The van der Waals surface area contributed by atoms with E-state index in [-0.39, 0.29) is 11.9 Å². The number of nitrogens with two attached hydrogens (primary N) is 1. The third-order valence-electron chi connectivity index (χ3n) is 6.23. The van der Waals surface area contributed by atoms with Crippen molar-refractivity contribution in [1.82, 2.24) is 19.0 Å². The molecule has 4 aromatic rings. The van der Waals surface area contributed by atoms with E-state index >= 15 is 0 Å². The molecule has 0 radical (unpaired) electrons. The van der Waals surface area contributed by atoms with Crippen molar-refractivity contribution in [3.63, 3.8) is 0 Å². The standard InChI is InChI=1S/C24H27N5O/c1-3-29-20-9-5-4-7-16(20)14-22(29)23-26-19-13-17(10-11-21(19)27(23)2)24(30)28-12-6-8-18(25)15-28/h4-5,7,9-11,13-14,18H,3,6,8,12,15,25H2,1-2H3. The molecular formula is C24H27N5O. The third-order valence-corrected chi connectivity index (χ3v) is 6.23. The molecule has 30 heavy (non-hydrogen) atoms. The summed E-state index contributed by atoms with van der Waals surface area (Å²) in [5.74, 6) is 0.953. The topological polar surface area (TPSA) is 69.1 Å². The lowest BCUT2D eigenvalue weighted by atomic mass is 10.1. The van der Waals surface area contributed by atoms with Gasteiger partial charge in [-0.3, -0.25) is 4.79 Å². The number of fused-ring (bicyclic) bond motifs is 2. The minimum Gasteiger partial charge on any atom is -0.338 e. The first kappa shape index (κ1) is 18.9. The molecule has 1 aliphatic rings. The fourth-order valence-corrected chi connectivity index (χ4v) is 4.68. The number of imidazole rings is 1.